The molecule has 3 aromatic carbocycles. The predicted molar refractivity (Wildman–Crippen MR) is 145 cm³/mol. The van der Waals surface area contributed by atoms with Gasteiger partial charge in [0.1, 0.15) is 11.5 Å². The van der Waals surface area contributed by atoms with E-state index >= 15 is 0 Å². The van der Waals surface area contributed by atoms with Gasteiger partial charge in [0.2, 0.25) is 5.91 Å². The average molecular weight is 537 g/mol. The summed E-state index contributed by atoms with van der Waals surface area (Å²) in [7, 11) is 10.8. The molecule has 1 heterocycles. The highest BCUT2D eigenvalue weighted by Crippen LogP contribution is 2.47. The molecule has 206 valence electrons. The second kappa shape index (κ2) is 11.4. The van der Waals surface area contributed by atoms with Crippen molar-refractivity contribution in [3.8, 4) is 34.5 Å². The molecule has 0 saturated carbocycles. The zero-order valence-corrected chi connectivity index (χ0v) is 23.0. The van der Waals surface area contributed by atoms with Crippen LogP contribution in [0.15, 0.2) is 48.5 Å². The molecule has 3 aromatic rings. The number of carbonyl (C=O) groups excluding carboxylic acids is 2. The Labute approximate surface area is 227 Å². The van der Waals surface area contributed by atoms with Gasteiger partial charge in [-0.05, 0) is 47.5 Å². The Morgan fingerprint density at radius 2 is 1.33 bits per heavy atom. The number of likely N-dealkylation sites (N-methyl/N-ethyl adjacent to an activating group) is 1. The summed E-state index contributed by atoms with van der Waals surface area (Å²) in [6.07, 6.45) is 0. The summed E-state index contributed by atoms with van der Waals surface area (Å²) in [4.78, 5) is 29.4. The van der Waals surface area contributed by atoms with Crippen molar-refractivity contribution < 1.29 is 38.0 Å². The Kier molecular flexibility index (Phi) is 8.04. The Bertz CT molecular complexity index is 1390. The third-order valence-corrected chi connectivity index (χ3v) is 6.87. The van der Waals surface area contributed by atoms with Gasteiger partial charge < -0.3 is 38.6 Å². The zero-order chi connectivity index (χ0) is 28.3. The number of rotatable bonds is 9. The van der Waals surface area contributed by atoms with Crippen LogP contribution < -0.4 is 33.7 Å². The van der Waals surface area contributed by atoms with E-state index in [-0.39, 0.29) is 11.8 Å². The minimum atomic E-state index is -0.840. The van der Waals surface area contributed by atoms with E-state index in [0.29, 0.717) is 56.9 Å². The van der Waals surface area contributed by atoms with Crippen LogP contribution in [0.5, 0.6) is 34.5 Å². The zero-order valence-electron chi connectivity index (χ0n) is 23.0. The van der Waals surface area contributed by atoms with E-state index in [9.17, 15) is 9.59 Å². The van der Waals surface area contributed by atoms with Crippen molar-refractivity contribution >= 4 is 17.5 Å². The molecule has 1 N–H and O–H groups in total. The van der Waals surface area contributed by atoms with Crippen molar-refractivity contribution in [1.82, 2.24) is 4.90 Å². The quantitative estimate of drug-likeness (QED) is 0.432. The van der Waals surface area contributed by atoms with Crippen LogP contribution in [-0.4, -0.2) is 66.4 Å². The number of nitrogens with one attached hydrogen (secondary N) is 1. The summed E-state index contributed by atoms with van der Waals surface area (Å²) in [5.74, 6) is 1.34. The lowest BCUT2D eigenvalue weighted by Crippen LogP contribution is -2.44. The van der Waals surface area contributed by atoms with Gasteiger partial charge >= 0.3 is 0 Å². The number of nitrogens with zero attached hydrogens (tertiary/aromatic N) is 1. The van der Waals surface area contributed by atoms with Crippen molar-refractivity contribution in [3.05, 3.63) is 65.2 Å². The molecule has 2 amide bonds. The first kappa shape index (κ1) is 27.4. The highest BCUT2D eigenvalue weighted by molar-refractivity contribution is 6.05. The molecule has 1 aliphatic heterocycles. The number of fused-ring (bicyclic) bond motifs is 1. The first-order chi connectivity index (χ1) is 18.8. The lowest BCUT2D eigenvalue weighted by Gasteiger charge is -2.40. The fourth-order valence-electron chi connectivity index (χ4n) is 4.90. The second-order valence-corrected chi connectivity index (χ2v) is 8.80. The van der Waals surface area contributed by atoms with E-state index in [0.717, 1.165) is 0 Å². The third kappa shape index (κ3) is 4.97. The number of carbonyl (C=O) groups is 2. The van der Waals surface area contributed by atoms with Crippen molar-refractivity contribution in [2.24, 2.45) is 0 Å². The largest absolute Gasteiger partial charge is 0.497 e. The maximum absolute atomic E-state index is 14.2. The fraction of sp³-hybridized carbons (Fsp3) is 0.310. The van der Waals surface area contributed by atoms with Gasteiger partial charge in [-0.25, -0.2) is 0 Å². The Hall–Kier alpha value is -4.60. The number of hydrogen-bond acceptors (Lipinski definition) is 8. The Balaban J connectivity index is 1.90. The van der Waals surface area contributed by atoms with E-state index < -0.39 is 12.0 Å². The van der Waals surface area contributed by atoms with Crippen LogP contribution in [0.1, 0.15) is 33.4 Å². The number of hydrogen-bond donors (Lipinski definition) is 1. The van der Waals surface area contributed by atoms with E-state index in [1.807, 2.05) is 6.07 Å². The SMILES string of the molecule is COc1ccc(NC(=O)C2c3cc(OC)c(OC)cc3C(=O)N(C)C2c2ccc(OC)c(OC)c2)c(OC)c1. The molecule has 0 bridgehead atoms. The van der Waals surface area contributed by atoms with Gasteiger partial charge in [0, 0.05) is 18.7 Å². The van der Waals surface area contributed by atoms with Gasteiger partial charge in [-0.15, -0.1) is 0 Å². The summed E-state index contributed by atoms with van der Waals surface area (Å²) in [5.41, 5.74) is 1.98. The highest BCUT2D eigenvalue weighted by Gasteiger charge is 2.44. The summed E-state index contributed by atoms with van der Waals surface area (Å²) in [6, 6.07) is 13.0. The van der Waals surface area contributed by atoms with Crippen molar-refractivity contribution in [1.29, 1.82) is 0 Å². The lowest BCUT2D eigenvalue weighted by molar-refractivity contribution is -0.119. The van der Waals surface area contributed by atoms with Crippen molar-refractivity contribution in [3.63, 3.8) is 0 Å². The summed E-state index contributed by atoms with van der Waals surface area (Å²) in [6.45, 7) is 0. The molecule has 4 rings (SSSR count). The Morgan fingerprint density at radius 1 is 0.718 bits per heavy atom. The van der Waals surface area contributed by atoms with Gasteiger partial charge in [-0.2, -0.15) is 0 Å². The van der Waals surface area contributed by atoms with E-state index in [2.05, 4.69) is 5.32 Å². The van der Waals surface area contributed by atoms with Gasteiger partial charge in [-0.3, -0.25) is 9.59 Å². The molecular formula is C29H32N2O8. The first-order valence-electron chi connectivity index (χ1n) is 12.1. The first-order valence-corrected chi connectivity index (χ1v) is 12.1. The molecule has 0 aromatic heterocycles. The summed E-state index contributed by atoms with van der Waals surface area (Å²) >= 11 is 0. The maximum atomic E-state index is 14.2. The monoisotopic (exact) mass is 536 g/mol. The standard InChI is InChI=1S/C29H32N2O8/c1-31-27(16-8-11-21(35-3)23(12-16)37-5)26(18-14-24(38-6)25(39-7)15-19(18)29(31)33)28(32)30-20-10-9-17(34-2)13-22(20)36-4/h8-15,26-27H,1-7H3,(H,30,32). The van der Waals surface area contributed by atoms with Crippen LogP contribution in [0.4, 0.5) is 5.69 Å². The number of ether oxygens (including phenoxy) is 6. The van der Waals surface area contributed by atoms with E-state index in [1.165, 1.54) is 28.4 Å². The van der Waals surface area contributed by atoms with Crippen LogP contribution >= 0.6 is 0 Å². The van der Waals surface area contributed by atoms with E-state index in [1.54, 1.807) is 68.6 Å². The fourth-order valence-corrected chi connectivity index (χ4v) is 4.90. The molecule has 0 spiro atoms. The topological polar surface area (TPSA) is 105 Å². The van der Waals surface area contributed by atoms with Crippen molar-refractivity contribution in [2.45, 2.75) is 12.0 Å². The normalized spacial score (nSPS) is 16.2. The smallest absolute Gasteiger partial charge is 0.254 e. The number of methoxy groups -OCH3 is 6. The molecule has 0 saturated heterocycles. The minimum Gasteiger partial charge on any atom is -0.497 e. The summed E-state index contributed by atoms with van der Waals surface area (Å²) in [5, 5.41) is 2.99. The molecule has 0 aliphatic carbocycles. The van der Waals surface area contributed by atoms with Gasteiger partial charge in [-0.1, -0.05) is 6.07 Å². The minimum absolute atomic E-state index is 0.267. The summed E-state index contributed by atoms with van der Waals surface area (Å²) < 4.78 is 32.7. The predicted octanol–water partition coefficient (Wildman–Crippen LogP) is 4.29. The van der Waals surface area contributed by atoms with Crippen LogP contribution in [0.2, 0.25) is 0 Å². The van der Waals surface area contributed by atoms with Crippen LogP contribution in [-0.2, 0) is 4.79 Å². The average Bonchev–Trinajstić information content (AvgIpc) is 2.97. The molecule has 10 heteroatoms. The van der Waals surface area contributed by atoms with Crippen LogP contribution in [0.25, 0.3) is 0 Å². The molecular weight excluding hydrogens is 504 g/mol. The second-order valence-electron chi connectivity index (χ2n) is 8.80. The molecule has 2 atom stereocenters. The van der Waals surface area contributed by atoms with Gasteiger partial charge in [0.15, 0.2) is 23.0 Å². The third-order valence-electron chi connectivity index (χ3n) is 6.87. The molecule has 10 nitrogen and oxygen atoms in total. The van der Waals surface area contributed by atoms with Gasteiger partial charge in [0.05, 0.1) is 60.3 Å². The number of benzene rings is 3. The maximum Gasteiger partial charge on any atom is 0.254 e. The number of anilines is 1. The molecule has 39 heavy (non-hydrogen) atoms. The van der Waals surface area contributed by atoms with Gasteiger partial charge in [0.25, 0.3) is 5.91 Å². The highest BCUT2D eigenvalue weighted by atomic mass is 16.5. The molecule has 0 fully saturated rings. The molecule has 2 unspecified atom stereocenters. The molecule has 1 aliphatic rings. The Morgan fingerprint density at radius 3 is 1.95 bits per heavy atom. The van der Waals surface area contributed by atoms with Crippen LogP contribution in [0, 0.1) is 0 Å². The van der Waals surface area contributed by atoms with Crippen LogP contribution in [0.3, 0.4) is 0 Å². The van der Waals surface area contributed by atoms with Crippen molar-refractivity contribution in [2.75, 3.05) is 55.0 Å². The number of amides is 2. The van der Waals surface area contributed by atoms with E-state index in [4.69, 9.17) is 28.4 Å². The lowest BCUT2D eigenvalue weighted by atomic mass is 9.79. The molecule has 0 radical (unpaired) electrons.